The lowest BCUT2D eigenvalue weighted by Gasteiger charge is -2.30. The third-order valence-electron chi connectivity index (χ3n) is 2.81. The third-order valence-corrected chi connectivity index (χ3v) is 3.59. The van der Waals surface area contributed by atoms with Crippen LogP contribution >= 0.6 is 35.4 Å². The molecule has 1 aliphatic heterocycles. The second kappa shape index (κ2) is 5.36. The lowest BCUT2D eigenvalue weighted by Crippen LogP contribution is -2.46. The van der Waals surface area contributed by atoms with Crippen LogP contribution in [-0.4, -0.2) is 11.0 Å². The summed E-state index contributed by atoms with van der Waals surface area (Å²) in [7, 11) is 0. The Morgan fingerprint density at radius 1 is 1.42 bits per heavy atom. The number of thiocarbonyl (C=S) groups is 1. The number of nitrogens with one attached hydrogen (secondary N) is 2. The molecule has 1 aliphatic rings. The van der Waals surface area contributed by atoms with Gasteiger partial charge in [-0.3, -0.25) is 4.79 Å². The molecule has 0 saturated heterocycles. The minimum absolute atomic E-state index is 0.401. The van der Waals surface area contributed by atoms with Gasteiger partial charge in [0.25, 0.3) is 0 Å². The van der Waals surface area contributed by atoms with Gasteiger partial charge in [-0.1, -0.05) is 29.3 Å². The van der Waals surface area contributed by atoms with Crippen molar-refractivity contribution in [2.24, 2.45) is 5.73 Å². The summed E-state index contributed by atoms with van der Waals surface area (Å²) >= 11 is 17.1. The van der Waals surface area contributed by atoms with Gasteiger partial charge in [0.15, 0.2) is 5.11 Å². The van der Waals surface area contributed by atoms with Crippen LogP contribution in [0, 0.1) is 0 Å². The van der Waals surface area contributed by atoms with Crippen LogP contribution in [0.5, 0.6) is 0 Å². The number of benzene rings is 1. The number of hydrogen-bond acceptors (Lipinski definition) is 2. The van der Waals surface area contributed by atoms with Gasteiger partial charge in [-0.05, 0) is 36.8 Å². The van der Waals surface area contributed by atoms with Crippen LogP contribution in [0.3, 0.4) is 0 Å². The molecule has 1 aromatic rings. The van der Waals surface area contributed by atoms with Gasteiger partial charge in [-0.15, -0.1) is 0 Å². The van der Waals surface area contributed by atoms with E-state index in [0.29, 0.717) is 32.0 Å². The van der Waals surface area contributed by atoms with Gasteiger partial charge in [0.1, 0.15) is 0 Å². The third kappa shape index (κ3) is 2.83. The zero-order valence-electron chi connectivity index (χ0n) is 9.96. The second-order valence-electron chi connectivity index (χ2n) is 4.10. The fraction of sp³-hybridized carbons (Fsp3) is 0.167. The Labute approximate surface area is 125 Å². The van der Waals surface area contributed by atoms with Crippen molar-refractivity contribution in [3.8, 4) is 0 Å². The molecule has 0 unspecified atom stereocenters. The highest BCUT2D eigenvalue weighted by molar-refractivity contribution is 7.80. The molecule has 1 amide bonds. The maximum Gasteiger partial charge on any atom is 0.248 e. The Hall–Kier alpha value is -1.30. The van der Waals surface area contributed by atoms with Gasteiger partial charge in [0, 0.05) is 15.7 Å². The van der Waals surface area contributed by atoms with Crippen LogP contribution in [0.25, 0.3) is 0 Å². The molecule has 0 bridgehead atoms. The van der Waals surface area contributed by atoms with Gasteiger partial charge in [0.05, 0.1) is 11.6 Å². The van der Waals surface area contributed by atoms with Gasteiger partial charge in [-0.25, -0.2) is 0 Å². The molecule has 0 aliphatic carbocycles. The number of carbonyl (C=O) groups excluding carboxylic acids is 1. The van der Waals surface area contributed by atoms with Crippen LogP contribution in [0.4, 0.5) is 0 Å². The van der Waals surface area contributed by atoms with E-state index in [1.54, 1.807) is 25.1 Å². The first-order chi connectivity index (χ1) is 8.90. The first-order valence-corrected chi connectivity index (χ1v) is 6.59. The van der Waals surface area contributed by atoms with E-state index >= 15 is 0 Å². The number of halogens is 2. The van der Waals surface area contributed by atoms with E-state index in [9.17, 15) is 4.79 Å². The lowest BCUT2D eigenvalue weighted by atomic mass is 9.95. The summed E-state index contributed by atoms with van der Waals surface area (Å²) < 4.78 is 0. The number of hydrogen-bond donors (Lipinski definition) is 3. The fourth-order valence-corrected chi connectivity index (χ4v) is 2.78. The standard InChI is InChI=1S/C12H11Cl2N3OS/c1-5-9(11(15)18)10(17-12(19)16-5)7-3-2-6(13)4-8(7)14/h2-4,10H,1H3,(H2,15,18)(H2,16,17,19)/t10-/m0/s1. The van der Waals surface area contributed by atoms with E-state index in [1.807, 2.05) is 0 Å². The van der Waals surface area contributed by atoms with E-state index in [4.69, 9.17) is 41.2 Å². The summed E-state index contributed by atoms with van der Waals surface area (Å²) in [4.78, 5) is 11.6. The lowest BCUT2D eigenvalue weighted by molar-refractivity contribution is -0.115. The smallest absolute Gasteiger partial charge is 0.248 e. The van der Waals surface area contributed by atoms with Gasteiger partial charge >= 0.3 is 0 Å². The van der Waals surface area contributed by atoms with E-state index in [2.05, 4.69) is 10.6 Å². The van der Waals surface area contributed by atoms with E-state index in [0.717, 1.165) is 0 Å². The van der Waals surface area contributed by atoms with Crippen molar-refractivity contribution in [3.05, 3.63) is 45.1 Å². The number of rotatable bonds is 2. The molecule has 0 aromatic heterocycles. The molecule has 7 heteroatoms. The van der Waals surface area contributed by atoms with Crippen LogP contribution in [0.1, 0.15) is 18.5 Å². The van der Waals surface area contributed by atoms with E-state index in [1.165, 1.54) is 0 Å². The predicted molar refractivity (Wildman–Crippen MR) is 80.0 cm³/mol. The molecule has 0 spiro atoms. The molecular weight excluding hydrogens is 305 g/mol. The van der Waals surface area contributed by atoms with Crippen LogP contribution in [0.15, 0.2) is 29.5 Å². The van der Waals surface area contributed by atoms with Crippen molar-refractivity contribution in [3.63, 3.8) is 0 Å². The van der Waals surface area contributed by atoms with Crippen molar-refractivity contribution in [2.45, 2.75) is 13.0 Å². The molecule has 19 heavy (non-hydrogen) atoms. The molecule has 0 saturated carbocycles. The first kappa shape index (κ1) is 14.1. The van der Waals surface area contributed by atoms with Crippen molar-refractivity contribution in [1.29, 1.82) is 0 Å². The molecule has 4 N–H and O–H groups in total. The highest BCUT2D eigenvalue weighted by atomic mass is 35.5. The fourth-order valence-electron chi connectivity index (χ4n) is 1.99. The monoisotopic (exact) mass is 315 g/mol. The molecule has 1 aromatic carbocycles. The zero-order valence-corrected chi connectivity index (χ0v) is 12.3. The largest absolute Gasteiger partial charge is 0.366 e. The predicted octanol–water partition coefficient (Wildman–Crippen LogP) is 2.27. The average Bonchev–Trinajstić information content (AvgIpc) is 2.26. The summed E-state index contributed by atoms with van der Waals surface area (Å²) in [5.41, 5.74) is 7.14. The number of nitrogens with two attached hydrogens (primary N) is 1. The number of carbonyl (C=O) groups is 1. The van der Waals surface area contributed by atoms with Gasteiger partial charge in [-0.2, -0.15) is 0 Å². The van der Waals surface area contributed by atoms with Crippen molar-refractivity contribution < 1.29 is 4.79 Å². The molecule has 1 atom stereocenters. The van der Waals surface area contributed by atoms with Gasteiger partial charge in [0.2, 0.25) is 5.91 Å². The Morgan fingerprint density at radius 3 is 2.68 bits per heavy atom. The summed E-state index contributed by atoms with van der Waals surface area (Å²) in [5.74, 6) is -0.531. The number of allylic oxidation sites excluding steroid dienone is 1. The molecule has 0 fully saturated rings. The number of amides is 1. The van der Waals surface area contributed by atoms with Crippen LogP contribution < -0.4 is 16.4 Å². The maximum atomic E-state index is 11.6. The Morgan fingerprint density at radius 2 is 2.11 bits per heavy atom. The van der Waals surface area contributed by atoms with Crippen LogP contribution in [0.2, 0.25) is 10.0 Å². The molecule has 100 valence electrons. The zero-order chi connectivity index (χ0) is 14.2. The normalized spacial score (nSPS) is 18.9. The summed E-state index contributed by atoms with van der Waals surface area (Å²) in [6.07, 6.45) is 0. The molecule has 1 heterocycles. The Balaban J connectivity index is 2.55. The number of primary amides is 1. The quantitative estimate of drug-likeness (QED) is 0.732. The second-order valence-corrected chi connectivity index (χ2v) is 5.35. The minimum atomic E-state index is -0.531. The van der Waals surface area contributed by atoms with Gasteiger partial charge < -0.3 is 16.4 Å². The minimum Gasteiger partial charge on any atom is -0.366 e. The highest BCUT2D eigenvalue weighted by Crippen LogP contribution is 2.32. The van der Waals surface area contributed by atoms with Crippen molar-refractivity contribution >= 4 is 46.4 Å². The van der Waals surface area contributed by atoms with E-state index in [-0.39, 0.29) is 0 Å². The molecule has 4 nitrogen and oxygen atoms in total. The summed E-state index contributed by atoms with van der Waals surface area (Å²) in [6.45, 7) is 1.74. The van der Waals surface area contributed by atoms with E-state index < -0.39 is 11.9 Å². The Kier molecular flexibility index (Phi) is 3.99. The molecular formula is C12H11Cl2N3OS. The highest BCUT2D eigenvalue weighted by Gasteiger charge is 2.29. The molecule has 0 radical (unpaired) electrons. The topological polar surface area (TPSA) is 67.2 Å². The molecule has 2 rings (SSSR count). The van der Waals surface area contributed by atoms with Crippen LogP contribution in [-0.2, 0) is 4.79 Å². The maximum absolute atomic E-state index is 11.6. The SMILES string of the molecule is CC1=C(C(N)=O)[C@H](c2ccc(Cl)cc2Cl)NC(=S)N1. The summed E-state index contributed by atoms with van der Waals surface area (Å²) in [6, 6.07) is 4.57. The van der Waals surface area contributed by atoms with Crippen molar-refractivity contribution in [2.75, 3.05) is 0 Å². The first-order valence-electron chi connectivity index (χ1n) is 5.43. The average molecular weight is 316 g/mol. The van der Waals surface area contributed by atoms with Crippen molar-refractivity contribution in [1.82, 2.24) is 10.6 Å². The Bertz CT molecular complexity index is 601. The summed E-state index contributed by atoms with van der Waals surface area (Å²) in [5, 5.41) is 7.24.